The molecule has 4 aromatic rings. The Morgan fingerprint density at radius 1 is 0.939 bits per heavy atom. The summed E-state index contributed by atoms with van der Waals surface area (Å²) < 4.78 is 0.879. The summed E-state index contributed by atoms with van der Waals surface area (Å²) in [7, 11) is 0. The van der Waals surface area contributed by atoms with Crippen LogP contribution in [-0.4, -0.2) is 16.7 Å². The van der Waals surface area contributed by atoms with Crippen LogP contribution in [0, 0.1) is 0 Å². The lowest BCUT2D eigenvalue weighted by Crippen LogP contribution is -2.13. The topological polar surface area (TPSA) is 59.1 Å². The molecule has 0 spiro atoms. The number of anilines is 1. The van der Waals surface area contributed by atoms with Crippen molar-refractivity contribution in [3.8, 4) is 11.3 Å². The molecule has 0 fully saturated rings. The highest BCUT2D eigenvalue weighted by atomic mass is 79.9. The molecule has 4 rings (SSSR count). The summed E-state index contributed by atoms with van der Waals surface area (Å²) in [6.45, 7) is 3.71. The fourth-order valence-corrected chi connectivity index (χ4v) is 4.10. The maximum atomic E-state index is 13.3. The van der Waals surface area contributed by atoms with E-state index in [2.05, 4.69) is 52.4 Å². The number of pyridine rings is 1. The van der Waals surface area contributed by atoms with Crippen molar-refractivity contribution in [2.24, 2.45) is 0 Å². The predicted molar refractivity (Wildman–Crippen MR) is 138 cm³/mol. The number of hydrogen-bond acceptors (Lipinski definition) is 3. The molecule has 0 unspecified atom stereocenters. The van der Waals surface area contributed by atoms with E-state index in [0.29, 0.717) is 16.8 Å². The first-order valence-electron chi connectivity index (χ1n) is 11.1. The number of unbranched alkanes of at least 4 members (excludes halogenated alkanes) is 1. The molecule has 3 aromatic carbocycles. The molecule has 0 saturated heterocycles. The largest absolute Gasteiger partial charge is 0.322 e. The van der Waals surface area contributed by atoms with Crippen LogP contribution in [0.2, 0.25) is 0 Å². The van der Waals surface area contributed by atoms with Crippen LogP contribution in [0.15, 0.2) is 77.3 Å². The number of fused-ring (bicyclic) bond motifs is 1. The molecule has 33 heavy (non-hydrogen) atoms. The highest BCUT2D eigenvalue weighted by Gasteiger charge is 2.15. The Balaban J connectivity index is 1.70. The van der Waals surface area contributed by atoms with Crippen LogP contribution in [0.4, 0.5) is 5.69 Å². The van der Waals surface area contributed by atoms with E-state index in [1.165, 1.54) is 25.3 Å². The first kappa shape index (κ1) is 22.9. The van der Waals surface area contributed by atoms with Crippen molar-refractivity contribution in [1.29, 1.82) is 0 Å². The number of amides is 1. The molecular weight excluding hydrogens is 476 g/mol. The van der Waals surface area contributed by atoms with E-state index >= 15 is 0 Å². The lowest BCUT2D eigenvalue weighted by molar-refractivity contribution is 0.101. The van der Waals surface area contributed by atoms with E-state index in [0.717, 1.165) is 33.1 Å². The van der Waals surface area contributed by atoms with Gasteiger partial charge in [-0.05, 0) is 73.9 Å². The highest BCUT2D eigenvalue weighted by Crippen LogP contribution is 2.28. The fraction of sp³-hybridized carbons (Fsp3) is 0.179. The summed E-state index contributed by atoms with van der Waals surface area (Å²) in [4.78, 5) is 29.6. The standard InChI is InChI=1S/C28H25BrN2O2/c1-3-4-5-19-6-8-21(9-7-19)27-17-25(24-16-22(29)12-15-26(24)31-27)28(33)30-23-13-10-20(11-14-23)18(2)32/h6-17H,3-5H2,1-2H3,(H,30,33). The van der Waals surface area contributed by atoms with Crippen molar-refractivity contribution in [1.82, 2.24) is 4.98 Å². The minimum atomic E-state index is -0.225. The molecule has 166 valence electrons. The fourth-order valence-electron chi connectivity index (χ4n) is 3.74. The van der Waals surface area contributed by atoms with Crippen molar-refractivity contribution in [2.45, 2.75) is 33.1 Å². The van der Waals surface area contributed by atoms with Gasteiger partial charge >= 0.3 is 0 Å². The molecular formula is C28H25BrN2O2. The minimum absolute atomic E-state index is 0.0109. The Morgan fingerprint density at radius 3 is 2.33 bits per heavy atom. The van der Waals surface area contributed by atoms with Gasteiger partial charge in [0.05, 0.1) is 16.8 Å². The number of nitrogens with one attached hydrogen (secondary N) is 1. The molecule has 4 nitrogen and oxygen atoms in total. The lowest BCUT2D eigenvalue weighted by atomic mass is 10.0. The van der Waals surface area contributed by atoms with Gasteiger partial charge in [0.25, 0.3) is 5.91 Å². The van der Waals surface area contributed by atoms with Crippen molar-refractivity contribution in [3.05, 3.63) is 94.0 Å². The number of hydrogen-bond donors (Lipinski definition) is 1. The number of benzene rings is 3. The molecule has 0 aliphatic rings. The zero-order valence-corrected chi connectivity index (χ0v) is 20.3. The number of halogens is 1. The number of carbonyl (C=O) groups is 2. The SMILES string of the molecule is CCCCc1ccc(-c2cc(C(=O)Nc3ccc(C(C)=O)cc3)c3cc(Br)ccc3n2)cc1. The Kier molecular flexibility index (Phi) is 6.99. The first-order valence-corrected chi connectivity index (χ1v) is 11.9. The summed E-state index contributed by atoms with van der Waals surface area (Å²) in [6, 6.07) is 22.9. The van der Waals surface area contributed by atoms with Crippen LogP contribution >= 0.6 is 15.9 Å². The van der Waals surface area contributed by atoms with Gasteiger partial charge in [-0.1, -0.05) is 53.5 Å². The molecule has 0 saturated carbocycles. The van der Waals surface area contributed by atoms with Gasteiger partial charge in [-0.3, -0.25) is 9.59 Å². The summed E-state index contributed by atoms with van der Waals surface area (Å²) in [5.41, 5.74) is 5.56. The number of Topliss-reactive ketones (excluding diaryl/α,β-unsaturated/α-hetero) is 1. The summed E-state index contributed by atoms with van der Waals surface area (Å²) in [6.07, 6.45) is 3.39. The Morgan fingerprint density at radius 2 is 1.67 bits per heavy atom. The third-order valence-corrected chi connectivity index (χ3v) is 6.13. The second-order valence-corrected chi connectivity index (χ2v) is 9.02. The van der Waals surface area contributed by atoms with Crippen LogP contribution in [0.25, 0.3) is 22.2 Å². The number of rotatable bonds is 7. The summed E-state index contributed by atoms with van der Waals surface area (Å²) in [5.74, 6) is -0.236. The highest BCUT2D eigenvalue weighted by molar-refractivity contribution is 9.10. The van der Waals surface area contributed by atoms with Crippen LogP contribution in [0.3, 0.4) is 0 Å². The molecule has 5 heteroatoms. The molecule has 1 amide bonds. The average Bonchev–Trinajstić information content (AvgIpc) is 2.82. The van der Waals surface area contributed by atoms with Crippen LogP contribution < -0.4 is 5.32 Å². The molecule has 0 bridgehead atoms. The normalized spacial score (nSPS) is 10.9. The first-order chi connectivity index (χ1) is 15.9. The second kappa shape index (κ2) is 10.1. The Labute approximate surface area is 202 Å². The molecule has 0 aliphatic heterocycles. The van der Waals surface area contributed by atoms with Crippen molar-refractivity contribution in [2.75, 3.05) is 5.32 Å². The third kappa shape index (κ3) is 5.37. The van der Waals surface area contributed by atoms with Crippen LogP contribution in [-0.2, 0) is 6.42 Å². The maximum absolute atomic E-state index is 13.3. The van der Waals surface area contributed by atoms with E-state index in [1.54, 1.807) is 24.3 Å². The average molecular weight is 501 g/mol. The molecule has 0 radical (unpaired) electrons. The third-order valence-electron chi connectivity index (χ3n) is 5.63. The zero-order chi connectivity index (χ0) is 23.4. The summed E-state index contributed by atoms with van der Waals surface area (Å²) in [5, 5.41) is 3.72. The smallest absolute Gasteiger partial charge is 0.256 e. The van der Waals surface area contributed by atoms with E-state index in [-0.39, 0.29) is 11.7 Å². The molecule has 1 N–H and O–H groups in total. The lowest BCUT2D eigenvalue weighted by Gasteiger charge is -2.12. The molecule has 0 atom stereocenters. The van der Waals surface area contributed by atoms with Crippen LogP contribution in [0.5, 0.6) is 0 Å². The van der Waals surface area contributed by atoms with E-state index in [9.17, 15) is 9.59 Å². The van der Waals surface area contributed by atoms with Gasteiger partial charge in [-0.2, -0.15) is 0 Å². The Bertz CT molecular complexity index is 1310. The predicted octanol–water partition coefficient (Wildman–Crippen LogP) is 7.46. The number of nitrogens with zero attached hydrogens (tertiary/aromatic N) is 1. The van der Waals surface area contributed by atoms with Gasteiger partial charge in [-0.25, -0.2) is 4.98 Å². The van der Waals surface area contributed by atoms with E-state index in [4.69, 9.17) is 4.98 Å². The van der Waals surface area contributed by atoms with Gasteiger partial charge < -0.3 is 5.32 Å². The number of aryl methyl sites for hydroxylation is 1. The minimum Gasteiger partial charge on any atom is -0.322 e. The summed E-state index contributed by atoms with van der Waals surface area (Å²) >= 11 is 3.50. The molecule has 0 aliphatic carbocycles. The Hall–Kier alpha value is -3.31. The van der Waals surface area contributed by atoms with Gasteiger partial charge in [-0.15, -0.1) is 0 Å². The van der Waals surface area contributed by atoms with Gasteiger partial charge in [0.15, 0.2) is 5.78 Å². The van der Waals surface area contributed by atoms with E-state index < -0.39 is 0 Å². The molecule has 1 heterocycles. The quantitative estimate of drug-likeness (QED) is 0.268. The molecule has 1 aromatic heterocycles. The van der Waals surface area contributed by atoms with Crippen molar-refractivity contribution >= 4 is 44.2 Å². The number of ketones is 1. The second-order valence-electron chi connectivity index (χ2n) is 8.10. The zero-order valence-electron chi connectivity index (χ0n) is 18.7. The monoisotopic (exact) mass is 500 g/mol. The van der Waals surface area contributed by atoms with Gasteiger partial charge in [0, 0.05) is 26.7 Å². The maximum Gasteiger partial charge on any atom is 0.256 e. The van der Waals surface area contributed by atoms with Crippen LogP contribution in [0.1, 0.15) is 53.0 Å². The van der Waals surface area contributed by atoms with Gasteiger partial charge in [0.2, 0.25) is 0 Å². The number of aromatic nitrogens is 1. The van der Waals surface area contributed by atoms with Gasteiger partial charge in [0.1, 0.15) is 0 Å². The number of carbonyl (C=O) groups excluding carboxylic acids is 2. The van der Waals surface area contributed by atoms with Crippen molar-refractivity contribution in [3.63, 3.8) is 0 Å². The van der Waals surface area contributed by atoms with Crippen molar-refractivity contribution < 1.29 is 9.59 Å². The van der Waals surface area contributed by atoms with E-state index in [1.807, 2.05) is 24.3 Å².